The summed E-state index contributed by atoms with van der Waals surface area (Å²) in [6.07, 6.45) is -0.321. The fraction of sp³-hybridized carbons (Fsp3) is 0.423. The number of aliphatic carboxylic acids is 2. The maximum absolute atomic E-state index is 14.1. The Morgan fingerprint density at radius 1 is 0.658 bits per heavy atom. The number of rotatable bonds is 27. The van der Waals surface area contributed by atoms with Gasteiger partial charge in [-0.15, -0.1) is 0 Å². The van der Waals surface area contributed by atoms with Crippen LogP contribution in [0.5, 0.6) is 5.75 Å². The minimum absolute atomic E-state index is 0.0437. The molecule has 5 rings (SSSR count). The molecule has 76 heavy (non-hydrogen) atoms. The smallest absolute Gasteiger partial charge is 0.326 e. The summed E-state index contributed by atoms with van der Waals surface area (Å²) in [4.78, 5) is 137. The summed E-state index contributed by atoms with van der Waals surface area (Å²) in [5.74, 6) is -9.84. The zero-order valence-corrected chi connectivity index (χ0v) is 42.2. The Balaban J connectivity index is 1.26. The highest BCUT2D eigenvalue weighted by atomic mass is 16.4. The summed E-state index contributed by atoms with van der Waals surface area (Å²) in [5.41, 5.74) is 8.08. The number of aromatic hydroxyl groups is 1. The number of fused-ring (bicyclic) bond motifs is 1. The van der Waals surface area contributed by atoms with Gasteiger partial charge in [-0.25, -0.2) is 4.79 Å². The molecule has 24 nitrogen and oxygen atoms in total. The molecule has 8 atom stereocenters. The van der Waals surface area contributed by atoms with E-state index in [2.05, 4.69) is 42.2 Å². The highest BCUT2D eigenvalue weighted by Crippen LogP contribution is 2.21. The van der Waals surface area contributed by atoms with Gasteiger partial charge in [0.2, 0.25) is 47.3 Å². The van der Waals surface area contributed by atoms with E-state index in [1.54, 1.807) is 56.4 Å². The third kappa shape index (κ3) is 17.4. The largest absolute Gasteiger partial charge is 0.508 e. The van der Waals surface area contributed by atoms with Crippen LogP contribution in [0.15, 0.2) is 85.1 Å². The average Bonchev–Trinajstić information content (AvgIpc) is 4.04. The molecule has 0 aliphatic carbocycles. The van der Waals surface area contributed by atoms with Gasteiger partial charge in [-0.3, -0.25) is 43.2 Å². The van der Waals surface area contributed by atoms with Gasteiger partial charge in [0.15, 0.2) is 0 Å². The number of nitrogens with zero attached hydrogens (tertiary/aromatic N) is 1. The third-order valence-corrected chi connectivity index (χ3v) is 12.5. The fourth-order valence-corrected chi connectivity index (χ4v) is 8.50. The number of carboxylic acid groups (broad SMARTS) is 2. The van der Waals surface area contributed by atoms with E-state index in [4.69, 9.17) is 5.73 Å². The number of benzene rings is 3. The number of phenols is 1. The van der Waals surface area contributed by atoms with Crippen LogP contribution in [0.2, 0.25) is 0 Å². The first-order valence-corrected chi connectivity index (χ1v) is 24.7. The third-order valence-electron chi connectivity index (χ3n) is 12.5. The van der Waals surface area contributed by atoms with E-state index in [1.807, 2.05) is 18.2 Å². The predicted molar refractivity (Wildman–Crippen MR) is 273 cm³/mol. The summed E-state index contributed by atoms with van der Waals surface area (Å²) in [6, 6.07) is 11.4. The van der Waals surface area contributed by atoms with E-state index in [0.29, 0.717) is 23.1 Å². The Hall–Kier alpha value is -8.38. The maximum Gasteiger partial charge on any atom is 0.326 e. The van der Waals surface area contributed by atoms with E-state index in [-0.39, 0.29) is 50.3 Å². The number of aliphatic hydroxyl groups is 1. The number of hydrogen-bond donors (Lipinski definition) is 13. The van der Waals surface area contributed by atoms with Crippen molar-refractivity contribution in [3.8, 4) is 5.75 Å². The predicted octanol–water partition coefficient (Wildman–Crippen LogP) is -1.14. The number of aromatic amines is 1. The summed E-state index contributed by atoms with van der Waals surface area (Å²) < 4.78 is 0. The van der Waals surface area contributed by atoms with E-state index in [9.17, 15) is 68.4 Å². The summed E-state index contributed by atoms with van der Waals surface area (Å²) >= 11 is 0. The van der Waals surface area contributed by atoms with Gasteiger partial charge in [0.1, 0.15) is 48.0 Å². The zero-order chi connectivity index (χ0) is 55.6. The van der Waals surface area contributed by atoms with Gasteiger partial charge in [0.25, 0.3) is 0 Å². The van der Waals surface area contributed by atoms with E-state index in [1.165, 1.54) is 36.1 Å². The lowest BCUT2D eigenvalue weighted by Gasteiger charge is -2.28. The Bertz CT molecular complexity index is 2710. The molecule has 1 aromatic heterocycles. The van der Waals surface area contributed by atoms with E-state index < -0.39 is 127 Å². The second kappa shape index (κ2) is 27.8. The molecule has 408 valence electrons. The standard InChI is InChI=1S/C52H66N10O14/c1-28(2)20-36(58-48(71)38(23-32-25-54-35-13-8-7-12-34(32)35)57-42(65)26-55-51(74)45(53)29(3)63)46(69)56-27-43(66)62-19-9-14-41(62)50(73)60-37(21-30-10-5-4-6-11-30)47(70)59-39(24-44(67)68)49(72)61-40(52(75)76)22-31-15-17-33(64)18-16-31/h4-8,10-13,15-18,25,28-29,36-41,45,54,63-64H,9,14,19-24,26-27,53H2,1-3H3,(H,55,74)(H,56,69)(H,57,65)(H,58,71)(H,59,70)(H,60,73)(H,61,72)(H,67,68)(H,75,76)/t29-,36+,37+,38+,39+,40+,41+,45+/m1/s1. The number of H-pyrrole nitrogens is 1. The van der Waals surface area contributed by atoms with Crippen molar-refractivity contribution in [1.82, 2.24) is 47.1 Å². The van der Waals surface area contributed by atoms with Gasteiger partial charge in [-0.2, -0.15) is 0 Å². The molecule has 3 aromatic carbocycles. The Kier molecular flexibility index (Phi) is 21.4. The number of carbonyl (C=O) groups is 10. The molecule has 14 N–H and O–H groups in total. The van der Waals surface area contributed by atoms with Crippen molar-refractivity contribution in [1.29, 1.82) is 0 Å². The maximum atomic E-state index is 14.1. The number of likely N-dealkylation sites (tertiary alicyclic amines) is 1. The van der Waals surface area contributed by atoms with Crippen LogP contribution in [-0.4, -0.2) is 158 Å². The molecule has 24 heteroatoms. The Morgan fingerprint density at radius 2 is 1.24 bits per heavy atom. The lowest BCUT2D eigenvalue weighted by atomic mass is 10.0. The molecule has 2 heterocycles. The van der Waals surface area contributed by atoms with Gasteiger partial charge in [-0.1, -0.05) is 74.5 Å². The number of aromatic nitrogens is 1. The lowest BCUT2D eigenvalue weighted by molar-refractivity contribution is -0.143. The van der Waals surface area contributed by atoms with Crippen LogP contribution in [0.4, 0.5) is 0 Å². The number of carbonyl (C=O) groups excluding carboxylic acids is 8. The van der Waals surface area contributed by atoms with Crippen molar-refractivity contribution in [3.63, 3.8) is 0 Å². The van der Waals surface area contributed by atoms with Crippen LogP contribution in [0.3, 0.4) is 0 Å². The molecule has 0 unspecified atom stereocenters. The summed E-state index contributed by atoms with van der Waals surface area (Å²) in [5, 5.41) is 57.1. The first-order valence-electron chi connectivity index (χ1n) is 24.7. The molecule has 1 aliphatic rings. The molecule has 4 aromatic rings. The zero-order valence-electron chi connectivity index (χ0n) is 42.2. The van der Waals surface area contributed by atoms with Crippen molar-refractivity contribution in [2.45, 2.75) is 114 Å². The first kappa shape index (κ1) is 58.5. The number of phenolic OH excluding ortho intramolecular Hbond substituents is 1. The molecule has 1 fully saturated rings. The molecule has 0 radical (unpaired) electrons. The average molecular weight is 1060 g/mol. The molecule has 1 aliphatic heterocycles. The molecular formula is C52H66N10O14. The first-order chi connectivity index (χ1) is 36.1. The SMILES string of the molecule is CC(C)C[C@H](NC(=O)[C@H](Cc1c[nH]c2ccccc12)NC(=O)CNC(=O)[C@@H](N)[C@@H](C)O)C(=O)NCC(=O)N1CCC[C@H]1C(=O)N[C@@H](Cc1ccccc1)C(=O)N[C@@H](CC(=O)O)C(=O)N[C@@H](Cc1ccc(O)cc1)C(=O)O. The highest BCUT2D eigenvalue weighted by molar-refractivity contribution is 5.98. The highest BCUT2D eigenvalue weighted by Gasteiger charge is 2.38. The van der Waals surface area contributed by atoms with Crippen LogP contribution >= 0.6 is 0 Å². The van der Waals surface area contributed by atoms with Crippen molar-refractivity contribution < 1.29 is 68.4 Å². The Labute approximate surface area is 437 Å². The van der Waals surface area contributed by atoms with Crippen molar-refractivity contribution in [2.24, 2.45) is 11.7 Å². The van der Waals surface area contributed by atoms with Gasteiger partial charge in [0.05, 0.1) is 25.6 Å². The monoisotopic (exact) mass is 1050 g/mol. The van der Waals surface area contributed by atoms with Crippen LogP contribution < -0.4 is 43.0 Å². The van der Waals surface area contributed by atoms with Gasteiger partial charge in [-0.05, 0) is 67.0 Å². The molecule has 0 saturated carbocycles. The second-order valence-electron chi connectivity index (χ2n) is 19.0. The molecule has 1 saturated heterocycles. The quantitative estimate of drug-likeness (QED) is 0.0336. The summed E-state index contributed by atoms with van der Waals surface area (Å²) in [7, 11) is 0. The lowest BCUT2D eigenvalue weighted by Crippen LogP contribution is -2.59. The van der Waals surface area contributed by atoms with E-state index in [0.717, 1.165) is 10.9 Å². The van der Waals surface area contributed by atoms with Crippen molar-refractivity contribution in [3.05, 3.63) is 102 Å². The number of para-hydroxylation sites is 1. The molecular weight excluding hydrogens is 989 g/mol. The topological polar surface area (TPSA) is 381 Å². The molecule has 8 amide bonds. The van der Waals surface area contributed by atoms with Crippen LogP contribution in [-0.2, 0) is 67.2 Å². The van der Waals surface area contributed by atoms with Crippen LogP contribution in [0.1, 0.15) is 63.1 Å². The molecule has 0 bridgehead atoms. The van der Waals surface area contributed by atoms with Gasteiger partial charge in [0, 0.05) is 42.9 Å². The number of nitrogens with one attached hydrogen (secondary N) is 8. The number of hydrogen-bond acceptors (Lipinski definition) is 13. The number of aliphatic hydroxyl groups excluding tert-OH is 1. The molecule has 0 spiro atoms. The number of amides is 8. The van der Waals surface area contributed by atoms with Crippen LogP contribution in [0, 0.1) is 5.92 Å². The van der Waals surface area contributed by atoms with Gasteiger partial charge < -0.3 is 73.3 Å². The van der Waals surface area contributed by atoms with Gasteiger partial charge >= 0.3 is 11.9 Å². The van der Waals surface area contributed by atoms with Crippen molar-refractivity contribution >= 4 is 70.1 Å². The summed E-state index contributed by atoms with van der Waals surface area (Å²) in [6.45, 7) is 3.81. The number of nitrogens with two attached hydrogens (primary N) is 1. The van der Waals surface area contributed by atoms with E-state index >= 15 is 0 Å². The van der Waals surface area contributed by atoms with Crippen molar-refractivity contribution in [2.75, 3.05) is 19.6 Å². The minimum atomic E-state index is -1.80. The normalized spacial score (nSPS) is 15.9. The van der Waals surface area contributed by atoms with Crippen LogP contribution in [0.25, 0.3) is 10.9 Å². The minimum Gasteiger partial charge on any atom is -0.508 e. The number of carboxylic acids is 2. The Morgan fingerprint density at radius 3 is 1.88 bits per heavy atom. The fourth-order valence-electron chi connectivity index (χ4n) is 8.50. The second-order valence-corrected chi connectivity index (χ2v) is 19.0.